The van der Waals surface area contributed by atoms with E-state index in [-0.39, 0.29) is 11.9 Å². The van der Waals surface area contributed by atoms with Crippen LogP contribution in [0.2, 0.25) is 0 Å². The molecule has 1 aromatic heterocycles. The van der Waals surface area contributed by atoms with E-state index in [0.29, 0.717) is 5.69 Å². The van der Waals surface area contributed by atoms with Crippen LogP contribution in [0.3, 0.4) is 0 Å². The van der Waals surface area contributed by atoms with Crippen molar-refractivity contribution in [3.8, 4) is 0 Å². The van der Waals surface area contributed by atoms with Crippen LogP contribution in [-0.4, -0.2) is 47.5 Å². The highest BCUT2D eigenvalue weighted by Crippen LogP contribution is 2.29. The molecule has 0 aromatic carbocycles. The minimum atomic E-state index is -0.0576. The molecule has 3 rings (SSSR count). The largest absolute Gasteiger partial charge is 0.385 e. The molecule has 1 aromatic rings. The summed E-state index contributed by atoms with van der Waals surface area (Å²) in [6, 6.07) is 4.79. The lowest BCUT2D eigenvalue weighted by Crippen LogP contribution is -2.37. The van der Waals surface area contributed by atoms with Crippen molar-refractivity contribution < 1.29 is 4.79 Å². The van der Waals surface area contributed by atoms with Gasteiger partial charge in [-0.3, -0.25) is 14.7 Å². The van der Waals surface area contributed by atoms with Gasteiger partial charge in [-0.25, -0.2) is 0 Å². The van der Waals surface area contributed by atoms with Crippen LogP contribution in [0.1, 0.15) is 43.1 Å². The highest BCUT2D eigenvalue weighted by molar-refractivity contribution is 5.93. The van der Waals surface area contributed by atoms with Crippen LogP contribution >= 0.6 is 0 Å². The third-order valence-electron chi connectivity index (χ3n) is 4.19. The molecule has 1 unspecified atom stereocenters. The van der Waals surface area contributed by atoms with Gasteiger partial charge in [0, 0.05) is 43.6 Å². The topological polar surface area (TPSA) is 57.3 Å². The fourth-order valence-electron chi connectivity index (χ4n) is 2.87. The Balaban J connectivity index is 1.55. The zero-order chi connectivity index (χ0) is 14.7. The number of likely N-dealkylation sites (tertiary alicyclic amines) is 1. The van der Waals surface area contributed by atoms with E-state index in [4.69, 9.17) is 0 Å². The van der Waals surface area contributed by atoms with Crippen LogP contribution in [0, 0.1) is 0 Å². The van der Waals surface area contributed by atoms with Gasteiger partial charge >= 0.3 is 0 Å². The van der Waals surface area contributed by atoms with Crippen molar-refractivity contribution in [2.24, 2.45) is 0 Å². The van der Waals surface area contributed by atoms with Gasteiger partial charge in [-0.2, -0.15) is 0 Å². The molecule has 1 atom stereocenters. The maximum Gasteiger partial charge on any atom is 0.270 e. The minimum Gasteiger partial charge on any atom is -0.385 e. The van der Waals surface area contributed by atoms with E-state index in [1.165, 1.54) is 12.8 Å². The lowest BCUT2D eigenvalue weighted by molar-refractivity contribution is 0.0932. The molecule has 21 heavy (non-hydrogen) atoms. The summed E-state index contributed by atoms with van der Waals surface area (Å²) in [6.45, 7) is 5.13. The average Bonchev–Trinajstić information content (AvgIpc) is 3.26. The van der Waals surface area contributed by atoms with Gasteiger partial charge < -0.3 is 10.6 Å². The van der Waals surface area contributed by atoms with E-state index < -0.39 is 0 Å². The molecular weight excluding hydrogens is 264 g/mol. The van der Waals surface area contributed by atoms with Gasteiger partial charge in [-0.1, -0.05) is 6.92 Å². The van der Waals surface area contributed by atoms with E-state index in [2.05, 4.69) is 27.4 Å². The highest BCUT2D eigenvalue weighted by atomic mass is 16.1. The van der Waals surface area contributed by atoms with Crippen molar-refractivity contribution in [3.63, 3.8) is 0 Å². The number of carbonyl (C=O) groups is 1. The molecule has 5 heteroatoms. The molecular formula is C16H24N4O. The molecule has 0 bridgehead atoms. The molecule has 1 saturated heterocycles. The van der Waals surface area contributed by atoms with E-state index in [1.54, 1.807) is 6.20 Å². The highest BCUT2D eigenvalue weighted by Gasteiger charge is 2.34. The summed E-state index contributed by atoms with van der Waals surface area (Å²) in [7, 11) is 0. The molecule has 5 nitrogen and oxygen atoms in total. The third-order valence-corrected chi connectivity index (χ3v) is 4.19. The van der Waals surface area contributed by atoms with Crippen molar-refractivity contribution in [1.82, 2.24) is 15.2 Å². The molecule has 1 aliphatic heterocycles. The van der Waals surface area contributed by atoms with Gasteiger partial charge in [0.15, 0.2) is 0 Å². The fourth-order valence-corrected chi connectivity index (χ4v) is 2.87. The van der Waals surface area contributed by atoms with Crippen molar-refractivity contribution in [2.75, 3.05) is 25.0 Å². The molecule has 0 radical (unpaired) electrons. The second kappa shape index (κ2) is 6.43. The number of nitrogens with one attached hydrogen (secondary N) is 2. The molecule has 0 spiro atoms. The van der Waals surface area contributed by atoms with Crippen molar-refractivity contribution in [3.05, 3.63) is 24.0 Å². The molecule has 2 N–H and O–H groups in total. The first-order valence-corrected chi connectivity index (χ1v) is 8.01. The van der Waals surface area contributed by atoms with Crippen molar-refractivity contribution in [1.29, 1.82) is 0 Å². The number of amides is 1. The van der Waals surface area contributed by atoms with Gasteiger partial charge in [0.25, 0.3) is 5.91 Å². The molecule has 2 heterocycles. The van der Waals surface area contributed by atoms with Crippen molar-refractivity contribution in [2.45, 2.75) is 44.7 Å². The van der Waals surface area contributed by atoms with E-state index in [0.717, 1.165) is 44.2 Å². The normalized spacial score (nSPS) is 22.2. The smallest absolute Gasteiger partial charge is 0.270 e. The number of carbonyl (C=O) groups excluding carboxylic acids is 1. The quantitative estimate of drug-likeness (QED) is 0.839. The zero-order valence-electron chi connectivity index (χ0n) is 12.6. The van der Waals surface area contributed by atoms with Gasteiger partial charge in [-0.15, -0.1) is 0 Å². The van der Waals surface area contributed by atoms with Gasteiger partial charge in [0.1, 0.15) is 5.69 Å². The van der Waals surface area contributed by atoms with Crippen LogP contribution in [0.4, 0.5) is 5.69 Å². The standard InChI is InChI=1S/C16H24N4O/c1-2-7-17-12-5-8-18-15(10-12)16(21)19-13-6-9-20(11-13)14-3-4-14/h5,8,10,13-14H,2-4,6-7,9,11H2,1H3,(H,17,18)(H,19,21). The zero-order valence-corrected chi connectivity index (χ0v) is 12.6. The Morgan fingerprint density at radius 3 is 3.05 bits per heavy atom. The number of hydrogen-bond donors (Lipinski definition) is 2. The van der Waals surface area contributed by atoms with Gasteiger partial charge in [0.2, 0.25) is 0 Å². The summed E-state index contributed by atoms with van der Waals surface area (Å²) < 4.78 is 0. The molecule has 1 saturated carbocycles. The Labute approximate surface area is 126 Å². The second-order valence-corrected chi connectivity index (χ2v) is 6.04. The Hall–Kier alpha value is -1.62. The van der Waals surface area contributed by atoms with Crippen LogP contribution in [0.25, 0.3) is 0 Å². The monoisotopic (exact) mass is 288 g/mol. The Bertz CT molecular complexity index is 501. The van der Waals surface area contributed by atoms with Crippen molar-refractivity contribution >= 4 is 11.6 Å². The number of aromatic nitrogens is 1. The first kappa shape index (κ1) is 14.3. The third kappa shape index (κ3) is 3.73. The van der Waals surface area contributed by atoms with E-state index in [9.17, 15) is 4.79 Å². The lowest BCUT2D eigenvalue weighted by Gasteiger charge is -2.15. The SMILES string of the molecule is CCCNc1ccnc(C(=O)NC2CCN(C3CC3)C2)c1. The fraction of sp³-hybridized carbons (Fsp3) is 0.625. The van der Waals surface area contributed by atoms with Crippen LogP contribution in [0.15, 0.2) is 18.3 Å². The van der Waals surface area contributed by atoms with E-state index in [1.807, 2.05) is 12.1 Å². The maximum absolute atomic E-state index is 12.3. The van der Waals surface area contributed by atoms with E-state index >= 15 is 0 Å². The number of pyridine rings is 1. The molecule has 2 aliphatic rings. The number of nitrogens with zero attached hydrogens (tertiary/aromatic N) is 2. The van der Waals surface area contributed by atoms with Crippen LogP contribution < -0.4 is 10.6 Å². The van der Waals surface area contributed by atoms with Gasteiger partial charge in [-0.05, 0) is 37.8 Å². The molecule has 2 fully saturated rings. The number of rotatable bonds is 6. The van der Waals surface area contributed by atoms with Crippen LogP contribution in [-0.2, 0) is 0 Å². The minimum absolute atomic E-state index is 0.0576. The summed E-state index contributed by atoms with van der Waals surface area (Å²) >= 11 is 0. The number of anilines is 1. The summed E-state index contributed by atoms with van der Waals surface area (Å²) in [5, 5.41) is 6.41. The summed E-state index contributed by atoms with van der Waals surface area (Å²) in [6.07, 6.45) is 6.46. The second-order valence-electron chi connectivity index (χ2n) is 6.04. The Morgan fingerprint density at radius 1 is 1.43 bits per heavy atom. The maximum atomic E-state index is 12.3. The summed E-state index contributed by atoms with van der Waals surface area (Å²) in [5.41, 5.74) is 1.46. The van der Waals surface area contributed by atoms with Crippen LogP contribution in [0.5, 0.6) is 0 Å². The first-order chi connectivity index (χ1) is 10.3. The van der Waals surface area contributed by atoms with Gasteiger partial charge in [0.05, 0.1) is 0 Å². The first-order valence-electron chi connectivity index (χ1n) is 8.01. The Morgan fingerprint density at radius 2 is 2.29 bits per heavy atom. The molecule has 114 valence electrons. The predicted octanol–water partition coefficient (Wildman–Crippen LogP) is 1.87. The summed E-state index contributed by atoms with van der Waals surface area (Å²) in [4.78, 5) is 19.0. The molecule has 1 aliphatic carbocycles. The Kier molecular flexibility index (Phi) is 4.39. The predicted molar refractivity (Wildman–Crippen MR) is 83.5 cm³/mol. The average molecular weight is 288 g/mol. The number of hydrogen-bond acceptors (Lipinski definition) is 4. The summed E-state index contributed by atoms with van der Waals surface area (Å²) in [5.74, 6) is -0.0576. The lowest BCUT2D eigenvalue weighted by atomic mass is 10.2. The molecule has 1 amide bonds.